The monoisotopic (exact) mass is 528 g/mol. The number of aliphatic imine (C=N–C) groups is 1. The number of nitrogens with zero attached hydrogens (tertiary/aromatic N) is 4. The molecular formula is C30H29FN4O4. The van der Waals surface area contributed by atoms with E-state index < -0.39 is 12.0 Å². The molecule has 9 heteroatoms. The van der Waals surface area contributed by atoms with E-state index >= 15 is 4.39 Å². The molecule has 0 spiro atoms. The third kappa shape index (κ3) is 4.50. The quantitative estimate of drug-likeness (QED) is 0.452. The van der Waals surface area contributed by atoms with Gasteiger partial charge in [-0.1, -0.05) is 23.4 Å². The van der Waals surface area contributed by atoms with E-state index in [2.05, 4.69) is 10.1 Å². The number of pyridine rings is 1. The third-order valence-electron chi connectivity index (χ3n) is 7.69. The van der Waals surface area contributed by atoms with Crippen molar-refractivity contribution in [1.82, 2.24) is 10.1 Å². The average molecular weight is 529 g/mol. The molecule has 1 aromatic carbocycles. The molecule has 3 aliphatic rings. The van der Waals surface area contributed by atoms with E-state index in [1.54, 1.807) is 25.3 Å². The highest BCUT2D eigenvalue weighted by Gasteiger charge is 2.40. The Labute approximate surface area is 225 Å². The number of hydrogen-bond acceptors (Lipinski definition) is 8. The molecule has 2 atom stereocenters. The van der Waals surface area contributed by atoms with Crippen LogP contribution in [0.2, 0.25) is 0 Å². The number of dihydropyridines is 1. The third-order valence-corrected chi connectivity index (χ3v) is 7.69. The lowest BCUT2D eigenvalue weighted by Crippen LogP contribution is -2.37. The van der Waals surface area contributed by atoms with Crippen LogP contribution in [-0.2, 0) is 14.3 Å². The zero-order valence-electron chi connectivity index (χ0n) is 22.1. The zero-order chi connectivity index (χ0) is 27.1. The molecular weight excluding hydrogens is 499 g/mol. The topological polar surface area (TPSA) is 99.2 Å². The maximum absolute atomic E-state index is 15.5. The summed E-state index contributed by atoms with van der Waals surface area (Å²) in [6, 6.07) is 8.28. The number of esters is 1. The van der Waals surface area contributed by atoms with E-state index in [1.807, 2.05) is 32.0 Å². The van der Waals surface area contributed by atoms with Crippen LogP contribution < -0.4 is 10.7 Å². The van der Waals surface area contributed by atoms with Crippen LogP contribution in [0.15, 0.2) is 62.8 Å². The molecule has 6 rings (SSSR count). The second-order valence-electron chi connectivity index (χ2n) is 10.0. The molecule has 1 saturated heterocycles. The molecule has 0 radical (unpaired) electrons. The predicted molar refractivity (Wildman–Crippen MR) is 142 cm³/mol. The molecule has 2 unspecified atom stereocenters. The van der Waals surface area contributed by atoms with Gasteiger partial charge in [-0.2, -0.15) is 0 Å². The molecule has 0 amide bonds. The van der Waals surface area contributed by atoms with Gasteiger partial charge in [-0.15, -0.1) is 0 Å². The van der Waals surface area contributed by atoms with E-state index in [-0.39, 0.29) is 30.0 Å². The van der Waals surface area contributed by atoms with Gasteiger partial charge in [0.2, 0.25) is 0 Å². The van der Waals surface area contributed by atoms with E-state index in [4.69, 9.17) is 24.0 Å². The van der Waals surface area contributed by atoms with Gasteiger partial charge in [0, 0.05) is 47.2 Å². The van der Waals surface area contributed by atoms with Crippen molar-refractivity contribution >= 4 is 17.3 Å². The van der Waals surface area contributed by atoms with Crippen molar-refractivity contribution in [2.45, 2.75) is 45.6 Å². The maximum atomic E-state index is 15.5. The first-order valence-electron chi connectivity index (χ1n) is 13.3. The highest BCUT2D eigenvalue weighted by Crippen LogP contribution is 2.43. The Kier molecular flexibility index (Phi) is 6.68. The minimum Gasteiger partial charge on any atom is -0.461 e. The summed E-state index contributed by atoms with van der Waals surface area (Å²) < 4.78 is 31.8. The summed E-state index contributed by atoms with van der Waals surface area (Å²) in [4.78, 5) is 27.3. The number of rotatable bonds is 6. The fourth-order valence-corrected chi connectivity index (χ4v) is 5.97. The number of carbonyl (C=O) groups excluding carboxylic acids is 1. The summed E-state index contributed by atoms with van der Waals surface area (Å²) in [5.41, 5.74) is 5.21. The standard InChI is InChI=1S/C30H29FN4O4/c1-4-38-30(36)24-14-23-27(21-13-19(15-32-29(21)34-23)25-16(2)35-39-17(25)3)28(33-24)26(18-9-11-37-12-10-18)20-7-5-6-8-22(20)31/h5-8,13-15,18,26,28H,4,9-12H2,1-3H3. The Hall–Kier alpha value is -3.98. The first-order valence-corrected chi connectivity index (χ1v) is 13.3. The lowest BCUT2D eigenvalue weighted by Gasteiger charge is -2.36. The van der Waals surface area contributed by atoms with E-state index in [0.29, 0.717) is 35.7 Å². The van der Waals surface area contributed by atoms with Crippen molar-refractivity contribution in [3.05, 3.63) is 81.8 Å². The number of aromatic nitrogens is 2. The van der Waals surface area contributed by atoms with Crippen LogP contribution in [0.5, 0.6) is 0 Å². The van der Waals surface area contributed by atoms with Gasteiger partial charge in [0.1, 0.15) is 17.3 Å². The highest BCUT2D eigenvalue weighted by molar-refractivity contribution is 6.42. The summed E-state index contributed by atoms with van der Waals surface area (Å²) in [5, 5.41) is 4.91. The van der Waals surface area contributed by atoms with Gasteiger partial charge < -0.3 is 14.0 Å². The summed E-state index contributed by atoms with van der Waals surface area (Å²) in [5.74, 6) is -0.385. The van der Waals surface area contributed by atoms with Crippen LogP contribution in [-0.4, -0.2) is 47.7 Å². The average Bonchev–Trinajstić information content (AvgIpc) is 3.48. The number of hydrogen-bond donors (Lipinski definition) is 0. The predicted octanol–water partition coefficient (Wildman–Crippen LogP) is 3.76. The second kappa shape index (κ2) is 10.3. The van der Waals surface area contributed by atoms with Gasteiger partial charge in [-0.25, -0.2) is 19.2 Å². The number of ether oxygens (including phenoxy) is 2. The van der Waals surface area contributed by atoms with Crippen LogP contribution in [0, 0.1) is 25.6 Å². The largest absolute Gasteiger partial charge is 0.461 e. The minimum atomic E-state index is -0.573. The molecule has 0 bridgehead atoms. The molecule has 200 valence electrons. The van der Waals surface area contributed by atoms with Gasteiger partial charge >= 0.3 is 5.97 Å². The molecule has 1 fully saturated rings. The Balaban J connectivity index is 1.59. The van der Waals surface area contributed by atoms with Crippen molar-refractivity contribution in [3.8, 4) is 11.1 Å². The Morgan fingerprint density at radius 2 is 2.00 bits per heavy atom. The molecule has 8 nitrogen and oxygen atoms in total. The lowest BCUT2D eigenvalue weighted by atomic mass is 9.73. The van der Waals surface area contributed by atoms with Crippen LogP contribution in [0.25, 0.3) is 16.7 Å². The SMILES string of the molecule is CCOC(=O)C1=NC(C(c2ccccc2F)C2CCOCC2)C2=c3cc(-c4c(C)noc4C)cnc3=NC2=C1. The van der Waals surface area contributed by atoms with Crippen molar-refractivity contribution in [3.63, 3.8) is 0 Å². The van der Waals surface area contributed by atoms with Crippen molar-refractivity contribution in [1.29, 1.82) is 0 Å². The van der Waals surface area contributed by atoms with E-state index in [1.165, 1.54) is 6.07 Å². The van der Waals surface area contributed by atoms with Gasteiger partial charge in [0.05, 0.1) is 24.0 Å². The zero-order valence-corrected chi connectivity index (χ0v) is 22.1. The number of carbonyl (C=O) groups is 1. The smallest absolute Gasteiger partial charge is 0.356 e. The molecule has 0 N–H and O–H groups in total. The van der Waals surface area contributed by atoms with E-state index in [9.17, 15) is 4.79 Å². The van der Waals surface area contributed by atoms with E-state index in [0.717, 1.165) is 40.5 Å². The molecule has 0 saturated carbocycles. The molecule has 3 aliphatic heterocycles. The van der Waals surface area contributed by atoms with Crippen molar-refractivity contribution in [2.75, 3.05) is 19.8 Å². The first-order chi connectivity index (χ1) is 19.0. The fraction of sp³-hybridized carbons (Fsp3) is 0.367. The van der Waals surface area contributed by atoms with Gasteiger partial charge in [0.15, 0.2) is 5.49 Å². The summed E-state index contributed by atoms with van der Waals surface area (Å²) >= 11 is 0. The molecule has 3 aromatic rings. The lowest BCUT2D eigenvalue weighted by molar-refractivity contribution is -0.134. The number of benzene rings is 1. The van der Waals surface area contributed by atoms with Crippen LogP contribution in [0.4, 0.5) is 4.39 Å². The Bertz CT molecular complexity index is 1610. The number of halogens is 1. The molecule has 2 aromatic heterocycles. The highest BCUT2D eigenvalue weighted by atomic mass is 19.1. The van der Waals surface area contributed by atoms with Crippen molar-refractivity contribution in [2.24, 2.45) is 15.9 Å². The Morgan fingerprint density at radius 1 is 1.21 bits per heavy atom. The van der Waals surface area contributed by atoms with Gasteiger partial charge in [-0.05, 0) is 63.3 Å². The van der Waals surface area contributed by atoms with Crippen LogP contribution in [0.3, 0.4) is 0 Å². The van der Waals surface area contributed by atoms with Crippen LogP contribution >= 0.6 is 0 Å². The normalized spacial score (nSPS) is 19.5. The molecule has 0 aliphatic carbocycles. The van der Waals surface area contributed by atoms with Gasteiger partial charge in [0.25, 0.3) is 0 Å². The first kappa shape index (κ1) is 25.3. The number of fused-ring (bicyclic) bond motifs is 2. The minimum absolute atomic E-state index is 0.0856. The molecule has 39 heavy (non-hydrogen) atoms. The molecule has 5 heterocycles. The van der Waals surface area contributed by atoms with Crippen molar-refractivity contribution < 1.29 is 23.2 Å². The summed E-state index contributed by atoms with van der Waals surface area (Å²) in [7, 11) is 0. The summed E-state index contributed by atoms with van der Waals surface area (Å²) in [6.45, 7) is 6.91. The maximum Gasteiger partial charge on any atom is 0.356 e. The van der Waals surface area contributed by atoms with Gasteiger partial charge in [-0.3, -0.25) is 4.99 Å². The summed E-state index contributed by atoms with van der Waals surface area (Å²) in [6.07, 6.45) is 4.92. The fourth-order valence-electron chi connectivity index (χ4n) is 5.97. The van der Waals surface area contributed by atoms with Crippen LogP contribution in [0.1, 0.15) is 42.7 Å². The number of aryl methyl sites for hydroxylation is 2. The second-order valence-corrected chi connectivity index (χ2v) is 10.0. The Morgan fingerprint density at radius 3 is 2.72 bits per heavy atom.